The molecule has 18 aromatic carbocycles. The van der Waals surface area contributed by atoms with Crippen LogP contribution in [-0.2, 0) is 0 Å². The molecule has 10 heterocycles. The van der Waals surface area contributed by atoms with Crippen molar-refractivity contribution in [3.8, 4) is 108 Å². The Bertz CT molecular complexity index is 9290. The lowest BCUT2D eigenvalue weighted by atomic mass is 10.1. The quantitative estimate of drug-likeness (QED) is 0.117. The van der Waals surface area contributed by atoms with Crippen LogP contribution in [0.25, 0.3) is 245 Å². The van der Waals surface area contributed by atoms with Crippen molar-refractivity contribution >= 4 is 137 Å². The molecule has 1 aliphatic heterocycles. The summed E-state index contributed by atoms with van der Waals surface area (Å²) in [5, 5.41) is 17.8. The molecule has 0 fully saturated rings. The smallest absolute Gasteiger partial charge is 0.179 e. The molecular weight excluding hydrogens is 1690 g/mol. The van der Waals surface area contributed by atoms with Crippen molar-refractivity contribution < 1.29 is 8.83 Å². The first-order valence-electron chi connectivity index (χ1n) is 46.2. The first kappa shape index (κ1) is 80.0. The molecule has 0 aliphatic carbocycles. The second-order valence-electron chi connectivity index (χ2n) is 34.5. The van der Waals surface area contributed by atoms with Crippen LogP contribution in [0.5, 0.6) is 0 Å². The van der Waals surface area contributed by atoms with Crippen molar-refractivity contribution in [3.63, 3.8) is 0 Å². The maximum atomic E-state index is 6.49. The predicted molar refractivity (Wildman–Crippen MR) is 561 cm³/mol. The second kappa shape index (κ2) is 33.8. The lowest BCUT2D eigenvalue weighted by Gasteiger charge is -2.24. The Hall–Kier alpha value is -18.9. The zero-order valence-corrected chi connectivity index (χ0v) is 74.2. The van der Waals surface area contributed by atoms with Gasteiger partial charge in [0.15, 0.2) is 40.8 Å². The topological polar surface area (TPSA) is 161 Å². The van der Waals surface area contributed by atoms with E-state index in [1.807, 2.05) is 188 Å². The summed E-state index contributed by atoms with van der Waals surface area (Å²) in [6, 6.07) is 155. The third kappa shape index (κ3) is 14.1. The van der Waals surface area contributed by atoms with E-state index < -0.39 is 0 Å². The van der Waals surface area contributed by atoms with E-state index >= 15 is 0 Å². The van der Waals surface area contributed by atoms with E-state index in [0.717, 1.165) is 166 Å². The van der Waals surface area contributed by atoms with Gasteiger partial charge in [-0.15, -0.1) is 0 Å². The van der Waals surface area contributed by atoms with Gasteiger partial charge in [-0.05, 0) is 152 Å². The van der Waals surface area contributed by atoms with Gasteiger partial charge in [-0.25, -0.2) is 39.9 Å². The fraction of sp³-hybridized carbons (Fsp3) is 0.00813. The average molecular weight is 1770 g/mol. The third-order valence-corrected chi connectivity index (χ3v) is 26.3. The van der Waals surface area contributed by atoms with Crippen LogP contribution in [0, 0.1) is 0 Å². The highest BCUT2D eigenvalue weighted by molar-refractivity contribution is 6.26. The zero-order valence-electron chi connectivity index (χ0n) is 74.2. The Morgan fingerprint density at radius 1 is 0.210 bits per heavy atom. The van der Waals surface area contributed by atoms with Gasteiger partial charge in [0.2, 0.25) is 0 Å². The molecule has 0 saturated carbocycles. The molecule has 1 unspecified atom stereocenters. The summed E-state index contributed by atoms with van der Waals surface area (Å²) in [5.41, 5.74) is 26.5. The molecule has 28 rings (SSSR count). The number of dihydropyridines is 1. The average Bonchev–Trinajstić information content (AvgIpc) is 1.56. The molecule has 0 spiro atoms. The van der Waals surface area contributed by atoms with Crippen LogP contribution in [-0.4, -0.2) is 58.1 Å². The molecule has 138 heavy (non-hydrogen) atoms. The Morgan fingerprint density at radius 3 is 0.971 bits per heavy atom. The van der Waals surface area contributed by atoms with Crippen molar-refractivity contribution in [1.29, 1.82) is 0 Å². The SMILES string of the molecule is C1=CC(n2c3ccccc3c3c4oc5ccccc5c4ccc32)NC(c2nc(-c3ccccc3)nc(-c3ccccc3)n2)=C1.c1ccc(-c2cc(-c3ccccc3)nc(-c3ccc(-n4c5ccccc5c5cc6c7ccccc7n(-c7ccccc7)c6cc54)cc3)n2)cc1.c1ccc(-c2nc(-c3ccccc3)nc(-c3ccc(-n4c5ccccc5c5c6oc7ccccc7c6ccc54)cc3)n2)cc1. The molecule has 27 aromatic rings. The summed E-state index contributed by atoms with van der Waals surface area (Å²) >= 11 is 0. The molecule has 1 atom stereocenters. The second-order valence-corrected chi connectivity index (χ2v) is 34.5. The summed E-state index contributed by atoms with van der Waals surface area (Å²) in [6.07, 6.45) is 6.08. The van der Waals surface area contributed by atoms with E-state index in [0.29, 0.717) is 40.8 Å². The van der Waals surface area contributed by atoms with Crippen molar-refractivity contribution in [3.05, 3.63) is 473 Å². The van der Waals surface area contributed by atoms with Crippen LogP contribution in [0.4, 0.5) is 0 Å². The van der Waals surface area contributed by atoms with Crippen LogP contribution in [0.2, 0.25) is 0 Å². The number of rotatable bonds is 13. The van der Waals surface area contributed by atoms with Gasteiger partial charge in [0.25, 0.3) is 0 Å². The largest absolute Gasteiger partial charge is 0.455 e. The van der Waals surface area contributed by atoms with Gasteiger partial charge in [-0.1, -0.05) is 315 Å². The molecule has 0 bridgehead atoms. The highest BCUT2D eigenvalue weighted by Crippen LogP contribution is 2.46. The van der Waals surface area contributed by atoms with Crippen LogP contribution in [0.15, 0.2) is 476 Å². The summed E-state index contributed by atoms with van der Waals surface area (Å²) in [7, 11) is 0. The van der Waals surface area contributed by atoms with Crippen LogP contribution >= 0.6 is 0 Å². The van der Waals surface area contributed by atoms with Gasteiger partial charge < -0.3 is 32.4 Å². The number of hydrogen-bond acceptors (Lipinski definition) is 11. The van der Waals surface area contributed by atoms with Crippen molar-refractivity contribution in [2.45, 2.75) is 6.17 Å². The number of aromatic nitrogens is 12. The van der Waals surface area contributed by atoms with Crippen molar-refractivity contribution in [2.24, 2.45) is 0 Å². The minimum atomic E-state index is -0.184. The van der Waals surface area contributed by atoms with Crippen molar-refractivity contribution in [1.82, 2.24) is 63.5 Å². The van der Waals surface area contributed by atoms with Gasteiger partial charge in [0.05, 0.1) is 72.0 Å². The normalized spacial score (nSPS) is 12.6. The van der Waals surface area contributed by atoms with Gasteiger partial charge in [-0.3, -0.25) is 0 Å². The number of nitrogens with zero attached hydrogens (tertiary/aromatic N) is 12. The first-order valence-corrected chi connectivity index (χ1v) is 46.2. The maximum absolute atomic E-state index is 6.49. The van der Waals surface area contributed by atoms with Crippen LogP contribution < -0.4 is 5.32 Å². The zero-order chi connectivity index (χ0) is 91.1. The molecule has 0 radical (unpaired) electrons. The molecule has 1 N–H and O–H groups in total. The van der Waals surface area contributed by atoms with Gasteiger partial charge in [0.1, 0.15) is 28.5 Å². The third-order valence-electron chi connectivity index (χ3n) is 26.3. The Labute approximate surface area is 790 Å². The molecule has 15 heteroatoms. The predicted octanol–water partition coefficient (Wildman–Crippen LogP) is 30.5. The number of nitrogens with one attached hydrogen (secondary N) is 1. The molecule has 0 saturated heterocycles. The van der Waals surface area contributed by atoms with E-state index in [1.54, 1.807) is 0 Å². The molecule has 15 nitrogen and oxygen atoms in total. The van der Waals surface area contributed by atoms with E-state index in [4.69, 9.17) is 48.7 Å². The van der Waals surface area contributed by atoms with E-state index in [1.165, 1.54) is 43.6 Å². The number of benzene rings is 18. The van der Waals surface area contributed by atoms with Crippen LogP contribution in [0.1, 0.15) is 12.0 Å². The van der Waals surface area contributed by atoms with Gasteiger partial charge >= 0.3 is 0 Å². The van der Waals surface area contributed by atoms with E-state index in [9.17, 15) is 0 Å². The van der Waals surface area contributed by atoms with E-state index in [2.05, 4.69) is 303 Å². The number of allylic oxidation sites excluding steroid dienone is 2. The van der Waals surface area contributed by atoms with Gasteiger partial charge in [0, 0.05) is 115 Å². The summed E-state index contributed by atoms with van der Waals surface area (Å²) < 4.78 is 22.4. The van der Waals surface area contributed by atoms with Crippen LogP contribution in [0.3, 0.4) is 0 Å². The molecular formula is C123H79N13O2. The number of furan rings is 2. The molecule has 648 valence electrons. The first-order chi connectivity index (χ1) is 68.4. The molecule has 9 aromatic heterocycles. The minimum absolute atomic E-state index is 0.184. The summed E-state index contributed by atoms with van der Waals surface area (Å²) in [6.45, 7) is 0. The summed E-state index contributed by atoms with van der Waals surface area (Å²) in [5.74, 6) is 4.49. The highest BCUT2D eigenvalue weighted by Gasteiger charge is 2.28. The maximum Gasteiger partial charge on any atom is 0.179 e. The Kier molecular flexibility index (Phi) is 19.6. The molecule has 1 aliphatic rings. The standard InChI is InChI=1S/C46H30N4.C39H24N4O.C38H25N5O/c1-4-14-31(15-5-1)40-29-41(32-16-6-2-7-17-32)48-46(47-40)33-24-26-35(27-25-33)50-43-23-13-11-21-37(43)39-28-38-36-20-10-12-22-42(36)49(44(38)30-45(39)50)34-18-8-3-9-19-34;1-3-11-25(12-4-1)37-40-38(26-13-5-2-6-14-26)42-39(41-37)27-19-21-28(22-20-27)43-32-17-9-7-16-31(32)35-33(43)24-23-30-29-15-8-10-18-34(29)44-36(30)35;1-3-12-24(13-4-1)36-40-37(25-14-5-2-6-15-25)42-38(41-36)29-18-11-21-33(39-29)43-30-19-9-7-17-28(30)34-31(43)23-22-27-26-16-8-10-20-32(26)44-35(27)34/h1-30H;1-24H;1-23,33,39H. The lowest BCUT2D eigenvalue weighted by Crippen LogP contribution is -2.26. The van der Waals surface area contributed by atoms with Crippen molar-refractivity contribution in [2.75, 3.05) is 0 Å². The number of para-hydroxylation sites is 7. The monoisotopic (exact) mass is 1770 g/mol. The summed E-state index contributed by atoms with van der Waals surface area (Å²) in [4.78, 5) is 39.5. The van der Waals surface area contributed by atoms with Gasteiger partial charge in [-0.2, -0.15) is 0 Å². The highest BCUT2D eigenvalue weighted by atomic mass is 16.3. The Balaban J connectivity index is 0.000000107. The lowest BCUT2D eigenvalue weighted by molar-refractivity contribution is 0.586. The minimum Gasteiger partial charge on any atom is -0.455 e. The van der Waals surface area contributed by atoms with E-state index in [-0.39, 0.29) is 6.17 Å². The molecule has 0 amide bonds. The fourth-order valence-corrected chi connectivity index (χ4v) is 19.9. The fourth-order valence-electron chi connectivity index (χ4n) is 19.9. The number of hydrogen-bond donors (Lipinski definition) is 1. The number of fused-ring (bicyclic) bond motifs is 20. The Morgan fingerprint density at radius 2 is 0.529 bits per heavy atom.